The van der Waals surface area contributed by atoms with E-state index < -0.39 is 0 Å². The summed E-state index contributed by atoms with van der Waals surface area (Å²) < 4.78 is 0. The highest BCUT2D eigenvalue weighted by Crippen LogP contribution is 2.33. The fraction of sp³-hybridized carbons (Fsp3) is 0.684. The number of benzene rings is 1. The second-order valence-corrected chi connectivity index (χ2v) is 7.57. The maximum absolute atomic E-state index is 3.72. The molecule has 1 aliphatic carbocycles. The van der Waals surface area contributed by atoms with Crippen LogP contribution in [0.3, 0.4) is 0 Å². The first-order valence-corrected chi connectivity index (χ1v) is 8.25. The summed E-state index contributed by atoms with van der Waals surface area (Å²) >= 11 is 0. The van der Waals surface area contributed by atoms with E-state index in [1.807, 2.05) is 0 Å². The Bertz CT molecular complexity index is 416. The maximum atomic E-state index is 3.72. The van der Waals surface area contributed by atoms with E-state index in [2.05, 4.69) is 57.3 Å². The number of hydrogen-bond donors (Lipinski definition) is 1. The molecule has 112 valence electrons. The molecule has 2 rings (SSSR count). The van der Waals surface area contributed by atoms with E-state index >= 15 is 0 Å². The van der Waals surface area contributed by atoms with Crippen molar-refractivity contribution in [3.8, 4) is 0 Å². The van der Waals surface area contributed by atoms with Gasteiger partial charge in [0, 0.05) is 5.54 Å². The molecule has 0 bridgehead atoms. The zero-order valence-corrected chi connectivity index (χ0v) is 13.7. The smallest absolute Gasteiger partial charge is 0.00966 e. The SMILES string of the molecule is Cc1ccccc1CC1CCCCC1CNC(C)(C)C. The number of hydrogen-bond acceptors (Lipinski definition) is 1. The fourth-order valence-electron chi connectivity index (χ4n) is 3.38. The first kappa shape index (κ1) is 15.6. The average Bonchev–Trinajstić information content (AvgIpc) is 2.39. The lowest BCUT2D eigenvalue weighted by Crippen LogP contribution is -2.41. The van der Waals surface area contributed by atoms with Gasteiger partial charge >= 0.3 is 0 Å². The van der Waals surface area contributed by atoms with Gasteiger partial charge < -0.3 is 5.32 Å². The Hall–Kier alpha value is -0.820. The van der Waals surface area contributed by atoms with Crippen molar-refractivity contribution in [2.45, 2.75) is 65.3 Å². The maximum Gasteiger partial charge on any atom is 0.00966 e. The van der Waals surface area contributed by atoms with Crippen LogP contribution in [0.2, 0.25) is 0 Å². The molecule has 2 atom stereocenters. The van der Waals surface area contributed by atoms with Gasteiger partial charge in [-0.1, -0.05) is 37.1 Å². The third-order valence-corrected chi connectivity index (χ3v) is 4.70. The molecule has 0 saturated heterocycles. The van der Waals surface area contributed by atoms with Crippen molar-refractivity contribution < 1.29 is 0 Å². The van der Waals surface area contributed by atoms with Crippen molar-refractivity contribution in [2.24, 2.45) is 11.8 Å². The van der Waals surface area contributed by atoms with E-state index in [-0.39, 0.29) is 5.54 Å². The summed E-state index contributed by atoms with van der Waals surface area (Å²) in [7, 11) is 0. The van der Waals surface area contributed by atoms with Crippen LogP contribution in [0, 0.1) is 18.8 Å². The summed E-state index contributed by atoms with van der Waals surface area (Å²) in [4.78, 5) is 0. The van der Waals surface area contributed by atoms with Crippen molar-refractivity contribution in [2.75, 3.05) is 6.54 Å². The average molecular weight is 273 g/mol. The lowest BCUT2D eigenvalue weighted by atomic mass is 9.75. The van der Waals surface area contributed by atoms with Gasteiger partial charge in [0.25, 0.3) is 0 Å². The Morgan fingerprint density at radius 3 is 2.35 bits per heavy atom. The predicted octanol–water partition coefficient (Wildman–Crippen LogP) is 4.73. The second-order valence-electron chi connectivity index (χ2n) is 7.57. The minimum atomic E-state index is 0.241. The van der Waals surface area contributed by atoms with Gasteiger partial charge in [-0.05, 0) is 76.5 Å². The standard InChI is InChI=1S/C19H31N/c1-15-9-5-6-10-16(15)13-17-11-7-8-12-18(17)14-20-19(2,3)4/h5-6,9-10,17-18,20H,7-8,11-14H2,1-4H3. The topological polar surface area (TPSA) is 12.0 Å². The highest BCUT2D eigenvalue weighted by atomic mass is 14.9. The van der Waals surface area contributed by atoms with E-state index in [0.29, 0.717) is 0 Å². The van der Waals surface area contributed by atoms with Crippen LogP contribution in [0.15, 0.2) is 24.3 Å². The highest BCUT2D eigenvalue weighted by Gasteiger charge is 2.26. The summed E-state index contributed by atoms with van der Waals surface area (Å²) in [6.45, 7) is 10.2. The van der Waals surface area contributed by atoms with Gasteiger partial charge in [0.05, 0.1) is 0 Å². The molecule has 0 spiro atoms. The van der Waals surface area contributed by atoms with Gasteiger partial charge in [-0.3, -0.25) is 0 Å². The van der Waals surface area contributed by atoms with Crippen LogP contribution in [0.25, 0.3) is 0 Å². The molecule has 2 unspecified atom stereocenters. The molecule has 1 aromatic rings. The lowest BCUT2D eigenvalue weighted by Gasteiger charge is -2.34. The van der Waals surface area contributed by atoms with Crippen LogP contribution in [-0.2, 0) is 6.42 Å². The van der Waals surface area contributed by atoms with Gasteiger partial charge in [-0.25, -0.2) is 0 Å². The van der Waals surface area contributed by atoms with Crippen molar-refractivity contribution >= 4 is 0 Å². The van der Waals surface area contributed by atoms with Crippen LogP contribution < -0.4 is 5.32 Å². The molecule has 1 saturated carbocycles. The number of nitrogens with one attached hydrogen (secondary N) is 1. The molecule has 1 fully saturated rings. The molecule has 20 heavy (non-hydrogen) atoms. The first-order valence-electron chi connectivity index (χ1n) is 8.25. The molecular formula is C19H31N. The molecule has 1 heteroatoms. The lowest BCUT2D eigenvalue weighted by molar-refractivity contribution is 0.213. The highest BCUT2D eigenvalue weighted by molar-refractivity contribution is 5.26. The second kappa shape index (κ2) is 6.76. The normalized spacial score (nSPS) is 23.8. The predicted molar refractivity (Wildman–Crippen MR) is 88.1 cm³/mol. The molecule has 0 heterocycles. The van der Waals surface area contributed by atoms with Crippen LogP contribution >= 0.6 is 0 Å². The van der Waals surface area contributed by atoms with Crippen LogP contribution in [-0.4, -0.2) is 12.1 Å². The molecule has 1 aliphatic rings. The first-order chi connectivity index (χ1) is 9.46. The van der Waals surface area contributed by atoms with Crippen molar-refractivity contribution in [1.29, 1.82) is 0 Å². The zero-order valence-electron chi connectivity index (χ0n) is 13.7. The molecular weight excluding hydrogens is 242 g/mol. The fourth-order valence-corrected chi connectivity index (χ4v) is 3.38. The van der Waals surface area contributed by atoms with E-state index in [9.17, 15) is 0 Å². The molecule has 1 N–H and O–H groups in total. The van der Waals surface area contributed by atoms with E-state index in [1.165, 1.54) is 44.2 Å². The minimum absolute atomic E-state index is 0.241. The largest absolute Gasteiger partial charge is 0.312 e. The molecule has 0 aliphatic heterocycles. The van der Waals surface area contributed by atoms with Gasteiger partial charge in [0.1, 0.15) is 0 Å². The zero-order chi connectivity index (χ0) is 14.6. The van der Waals surface area contributed by atoms with Crippen LogP contribution in [0.4, 0.5) is 0 Å². The van der Waals surface area contributed by atoms with E-state index in [1.54, 1.807) is 5.56 Å². The van der Waals surface area contributed by atoms with Crippen molar-refractivity contribution in [1.82, 2.24) is 5.32 Å². The Balaban J connectivity index is 1.98. The number of aryl methyl sites for hydroxylation is 1. The van der Waals surface area contributed by atoms with E-state index in [4.69, 9.17) is 0 Å². The Kier molecular flexibility index (Phi) is 5.26. The van der Waals surface area contributed by atoms with Crippen LogP contribution in [0.1, 0.15) is 57.6 Å². The molecule has 1 aromatic carbocycles. The van der Waals surface area contributed by atoms with Crippen molar-refractivity contribution in [3.05, 3.63) is 35.4 Å². The van der Waals surface area contributed by atoms with Crippen LogP contribution in [0.5, 0.6) is 0 Å². The Morgan fingerprint density at radius 2 is 1.70 bits per heavy atom. The summed E-state index contributed by atoms with van der Waals surface area (Å²) in [5, 5.41) is 3.72. The Morgan fingerprint density at radius 1 is 1.05 bits per heavy atom. The third kappa shape index (κ3) is 4.63. The summed E-state index contributed by atoms with van der Waals surface area (Å²) in [6.07, 6.45) is 6.91. The van der Waals surface area contributed by atoms with Gasteiger partial charge in [-0.15, -0.1) is 0 Å². The minimum Gasteiger partial charge on any atom is -0.312 e. The molecule has 0 amide bonds. The molecule has 0 aromatic heterocycles. The van der Waals surface area contributed by atoms with Gasteiger partial charge in [0.2, 0.25) is 0 Å². The number of rotatable bonds is 4. The Labute approximate surface area is 125 Å². The van der Waals surface area contributed by atoms with E-state index in [0.717, 1.165) is 11.8 Å². The molecule has 0 radical (unpaired) electrons. The summed E-state index contributed by atoms with van der Waals surface area (Å²) in [5.41, 5.74) is 3.26. The van der Waals surface area contributed by atoms with Gasteiger partial charge in [0.15, 0.2) is 0 Å². The summed E-state index contributed by atoms with van der Waals surface area (Å²) in [5.74, 6) is 1.71. The third-order valence-electron chi connectivity index (χ3n) is 4.70. The van der Waals surface area contributed by atoms with Gasteiger partial charge in [-0.2, -0.15) is 0 Å². The molecule has 1 nitrogen and oxygen atoms in total. The monoisotopic (exact) mass is 273 g/mol. The van der Waals surface area contributed by atoms with Crippen molar-refractivity contribution in [3.63, 3.8) is 0 Å². The quantitative estimate of drug-likeness (QED) is 0.836. The summed E-state index contributed by atoms with van der Waals surface area (Å²) in [6, 6.07) is 8.91.